The summed E-state index contributed by atoms with van der Waals surface area (Å²) in [4.78, 5) is 25.7. The van der Waals surface area contributed by atoms with Crippen molar-refractivity contribution < 1.29 is 18.7 Å². The Hall–Kier alpha value is -2.63. The van der Waals surface area contributed by atoms with Crippen LogP contribution in [-0.2, 0) is 9.53 Å². The number of nitrogens with one attached hydrogen (secondary N) is 1. The van der Waals surface area contributed by atoms with E-state index in [1.807, 2.05) is 0 Å². The minimum absolute atomic E-state index is 0.272. The van der Waals surface area contributed by atoms with Gasteiger partial charge in [-0.25, -0.2) is 14.0 Å². The van der Waals surface area contributed by atoms with E-state index in [-0.39, 0.29) is 18.4 Å². The van der Waals surface area contributed by atoms with E-state index in [1.54, 1.807) is 13.0 Å². The van der Waals surface area contributed by atoms with Crippen LogP contribution in [0.5, 0.6) is 0 Å². The van der Waals surface area contributed by atoms with E-state index in [0.29, 0.717) is 16.8 Å². The second-order valence-corrected chi connectivity index (χ2v) is 4.82. The average molecular weight is 304 g/mol. The first-order valence-electron chi connectivity index (χ1n) is 6.73. The van der Waals surface area contributed by atoms with Crippen LogP contribution in [0.4, 0.5) is 9.18 Å². The molecule has 0 unspecified atom stereocenters. The Kier molecular flexibility index (Phi) is 4.60. The van der Waals surface area contributed by atoms with Gasteiger partial charge >= 0.3 is 12.0 Å². The van der Waals surface area contributed by atoms with Crippen molar-refractivity contribution in [3.63, 3.8) is 0 Å². The number of hydrogen-bond donors (Lipinski definition) is 1. The summed E-state index contributed by atoms with van der Waals surface area (Å²) >= 11 is 0. The van der Waals surface area contributed by atoms with E-state index < -0.39 is 12.0 Å². The largest absolute Gasteiger partial charge is 0.466 e. The monoisotopic (exact) mass is 304 g/mol. The zero-order valence-electron chi connectivity index (χ0n) is 12.4. The summed E-state index contributed by atoms with van der Waals surface area (Å²) in [5, 5.41) is 2.74. The van der Waals surface area contributed by atoms with Crippen molar-refractivity contribution in [1.29, 1.82) is 0 Å². The fourth-order valence-corrected chi connectivity index (χ4v) is 2.41. The first-order chi connectivity index (χ1) is 10.5. The predicted octanol–water partition coefficient (Wildman–Crippen LogP) is 2.53. The van der Waals surface area contributed by atoms with Crippen LogP contribution < -0.4 is 5.32 Å². The van der Waals surface area contributed by atoms with Crippen molar-refractivity contribution in [3.8, 4) is 0 Å². The molecular formula is C16H17FN2O3. The highest BCUT2D eigenvalue weighted by atomic mass is 19.1. The zero-order valence-corrected chi connectivity index (χ0v) is 12.4. The average Bonchev–Trinajstić information content (AvgIpc) is 2.51. The molecule has 1 aliphatic heterocycles. The number of hydrogen-bond acceptors (Lipinski definition) is 3. The third-order valence-electron chi connectivity index (χ3n) is 3.52. The lowest BCUT2D eigenvalue weighted by molar-refractivity contribution is -0.136. The van der Waals surface area contributed by atoms with Gasteiger partial charge in [0.1, 0.15) is 5.82 Å². The van der Waals surface area contributed by atoms with E-state index in [1.165, 1.54) is 36.3 Å². The number of rotatable bonds is 4. The number of benzene rings is 1. The van der Waals surface area contributed by atoms with Crippen LogP contribution in [0.15, 0.2) is 48.2 Å². The van der Waals surface area contributed by atoms with Crippen molar-refractivity contribution in [2.45, 2.75) is 13.0 Å². The fourth-order valence-electron chi connectivity index (χ4n) is 2.41. The molecular weight excluding hydrogens is 287 g/mol. The summed E-state index contributed by atoms with van der Waals surface area (Å²) < 4.78 is 17.9. The van der Waals surface area contributed by atoms with Gasteiger partial charge in [0.25, 0.3) is 0 Å². The predicted molar refractivity (Wildman–Crippen MR) is 79.3 cm³/mol. The third-order valence-corrected chi connectivity index (χ3v) is 3.52. The van der Waals surface area contributed by atoms with Crippen LogP contribution in [0.2, 0.25) is 0 Å². The normalized spacial score (nSPS) is 18.0. The van der Waals surface area contributed by atoms with Crippen molar-refractivity contribution >= 4 is 12.0 Å². The number of allylic oxidation sites excluding steroid dienone is 1. The molecule has 6 heteroatoms. The number of urea groups is 1. The quantitative estimate of drug-likeness (QED) is 0.687. The summed E-state index contributed by atoms with van der Waals surface area (Å²) in [5.41, 5.74) is 1.41. The highest BCUT2D eigenvalue weighted by Gasteiger charge is 2.35. The van der Waals surface area contributed by atoms with Crippen molar-refractivity contribution in [2.24, 2.45) is 0 Å². The van der Waals surface area contributed by atoms with Crippen LogP contribution in [-0.4, -0.2) is 30.6 Å². The van der Waals surface area contributed by atoms with Gasteiger partial charge in [-0.15, -0.1) is 6.58 Å². The Morgan fingerprint density at radius 1 is 1.45 bits per heavy atom. The van der Waals surface area contributed by atoms with E-state index in [4.69, 9.17) is 4.74 Å². The lowest BCUT2D eigenvalue weighted by Gasteiger charge is -2.34. The zero-order chi connectivity index (χ0) is 16.3. The number of carbonyl (C=O) groups excluding carboxylic acids is 2. The van der Waals surface area contributed by atoms with Gasteiger partial charge in [0.05, 0.1) is 18.7 Å². The van der Waals surface area contributed by atoms with Gasteiger partial charge in [0.15, 0.2) is 0 Å². The maximum absolute atomic E-state index is 13.1. The number of esters is 1. The van der Waals surface area contributed by atoms with Crippen LogP contribution >= 0.6 is 0 Å². The number of amides is 2. The number of methoxy groups -OCH3 is 1. The molecule has 0 radical (unpaired) electrons. The highest BCUT2D eigenvalue weighted by molar-refractivity contribution is 5.95. The summed E-state index contributed by atoms with van der Waals surface area (Å²) in [7, 11) is 1.28. The molecule has 0 saturated carbocycles. The maximum atomic E-state index is 13.1. The molecule has 0 bridgehead atoms. The van der Waals surface area contributed by atoms with Gasteiger partial charge in [-0.3, -0.25) is 4.90 Å². The van der Waals surface area contributed by atoms with Crippen molar-refractivity contribution in [3.05, 3.63) is 59.6 Å². The van der Waals surface area contributed by atoms with Gasteiger partial charge < -0.3 is 10.1 Å². The van der Waals surface area contributed by atoms with Crippen molar-refractivity contribution in [2.75, 3.05) is 13.7 Å². The molecule has 1 N–H and O–H groups in total. The lowest BCUT2D eigenvalue weighted by atomic mass is 9.95. The maximum Gasteiger partial charge on any atom is 0.337 e. The molecule has 0 aromatic heterocycles. The minimum Gasteiger partial charge on any atom is -0.466 e. The molecule has 0 spiro atoms. The first kappa shape index (κ1) is 15.8. The van der Waals surface area contributed by atoms with Gasteiger partial charge in [-0.1, -0.05) is 18.2 Å². The molecule has 116 valence electrons. The second-order valence-electron chi connectivity index (χ2n) is 4.82. The van der Waals surface area contributed by atoms with Gasteiger partial charge in [0, 0.05) is 12.2 Å². The Balaban J connectivity index is 2.52. The molecule has 0 fully saturated rings. The molecule has 1 aromatic rings. The first-order valence-corrected chi connectivity index (χ1v) is 6.73. The molecule has 1 heterocycles. The topological polar surface area (TPSA) is 58.6 Å². The Labute approximate surface area is 128 Å². The number of halogens is 1. The minimum atomic E-state index is -0.679. The molecule has 0 aliphatic carbocycles. The van der Waals surface area contributed by atoms with Crippen LogP contribution in [0.3, 0.4) is 0 Å². The van der Waals surface area contributed by atoms with Crippen LogP contribution in [0, 0.1) is 5.82 Å². The van der Waals surface area contributed by atoms with Gasteiger partial charge in [0.2, 0.25) is 0 Å². The number of carbonyl (C=O) groups is 2. The SMILES string of the molecule is C=CCN1C(=O)N[C@@H](c2ccc(F)cc2)C(C(=O)OC)=C1C. The second kappa shape index (κ2) is 6.43. The summed E-state index contributed by atoms with van der Waals surface area (Å²) in [6, 6.07) is 4.59. The third kappa shape index (κ3) is 2.86. The standard InChI is InChI=1S/C16H17FN2O3/c1-4-9-19-10(2)13(15(20)22-3)14(18-16(19)21)11-5-7-12(17)8-6-11/h4-8,14H,1,9H2,2-3H3,(H,18,21)/t14-/m0/s1. The van der Waals surface area contributed by atoms with Gasteiger partial charge in [-0.2, -0.15) is 0 Å². The van der Waals surface area contributed by atoms with Gasteiger partial charge in [-0.05, 0) is 24.6 Å². The van der Waals surface area contributed by atoms with Crippen LogP contribution in [0.25, 0.3) is 0 Å². The summed E-state index contributed by atoms with van der Waals surface area (Å²) in [6.07, 6.45) is 1.57. The Morgan fingerprint density at radius 3 is 2.64 bits per heavy atom. The summed E-state index contributed by atoms with van der Waals surface area (Å²) in [5.74, 6) is -0.930. The smallest absolute Gasteiger partial charge is 0.337 e. The van der Waals surface area contributed by atoms with E-state index >= 15 is 0 Å². The fraction of sp³-hybridized carbons (Fsp3) is 0.250. The molecule has 22 heavy (non-hydrogen) atoms. The van der Waals surface area contributed by atoms with Crippen LogP contribution in [0.1, 0.15) is 18.5 Å². The Bertz CT molecular complexity index is 637. The van der Waals surface area contributed by atoms with E-state index in [2.05, 4.69) is 11.9 Å². The molecule has 1 aliphatic rings. The number of nitrogens with zero attached hydrogens (tertiary/aromatic N) is 1. The molecule has 1 aromatic carbocycles. The highest BCUT2D eigenvalue weighted by Crippen LogP contribution is 2.31. The van der Waals surface area contributed by atoms with E-state index in [9.17, 15) is 14.0 Å². The molecule has 5 nitrogen and oxygen atoms in total. The molecule has 2 rings (SSSR count). The lowest BCUT2D eigenvalue weighted by Crippen LogP contribution is -2.47. The molecule has 1 atom stereocenters. The molecule has 0 saturated heterocycles. The molecule has 2 amide bonds. The summed E-state index contributed by atoms with van der Waals surface area (Å²) in [6.45, 7) is 5.54. The van der Waals surface area contributed by atoms with Crippen molar-refractivity contribution in [1.82, 2.24) is 10.2 Å². The Morgan fingerprint density at radius 2 is 2.09 bits per heavy atom. The van der Waals surface area contributed by atoms with E-state index in [0.717, 1.165) is 0 Å². The number of ether oxygens (including phenoxy) is 1.